The third-order valence-corrected chi connectivity index (χ3v) is 4.31. The summed E-state index contributed by atoms with van der Waals surface area (Å²) in [7, 11) is 0. The number of benzene rings is 1. The Kier molecular flexibility index (Phi) is 4.19. The smallest absolute Gasteiger partial charge is 0.161 e. The quantitative estimate of drug-likeness (QED) is 0.711. The molecule has 0 aliphatic heterocycles. The van der Waals surface area contributed by atoms with E-state index in [0.717, 1.165) is 0 Å². The van der Waals surface area contributed by atoms with Crippen molar-refractivity contribution >= 4 is 51.9 Å². The molecule has 8 heteroatoms. The molecule has 0 saturated heterocycles. The van der Waals surface area contributed by atoms with Crippen molar-refractivity contribution in [2.75, 3.05) is 0 Å². The summed E-state index contributed by atoms with van der Waals surface area (Å²) in [6.07, 6.45) is 0. The predicted octanol–water partition coefficient (Wildman–Crippen LogP) is 3.11. The van der Waals surface area contributed by atoms with Gasteiger partial charge in [0, 0.05) is 20.6 Å². The fourth-order valence-corrected chi connectivity index (χ4v) is 3.24. The van der Waals surface area contributed by atoms with E-state index in [1.807, 2.05) is 0 Å². The highest BCUT2D eigenvalue weighted by molar-refractivity contribution is 6.39. The Balaban J connectivity index is 2.15. The number of fused-ring (bicyclic) bond motifs is 1. The Morgan fingerprint density at radius 1 is 1.17 bits per heavy atom. The second-order valence-electron chi connectivity index (χ2n) is 4.92. The maximum atomic E-state index is 11.0. The van der Waals surface area contributed by atoms with Gasteiger partial charge in [-0.3, -0.25) is 0 Å². The minimum Gasteiger partial charge on any atom is -0.543 e. The number of hydrogen-bond donors (Lipinski definition) is 0. The van der Waals surface area contributed by atoms with E-state index in [9.17, 15) is 9.90 Å². The lowest BCUT2D eigenvalue weighted by atomic mass is 10.2. The first-order chi connectivity index (χ1) is 10.9. The summed E-state index contributed by atoms with van der Waals surface area (Å²) in [5.41, 5.74) is 1.49. The van der Waals surface area contributed by atoms with Gasteiger partial charge in [0.1, 0.15) is 11.3 Å². The molecule has 2 aromatic heterocycles. The molecule has 3 aromatic rings. The molecule has 0 N–H and O–H groups in total. The zero-order valence-corrected chi connectivity index (χ0v) is 14.1. The van der Waals surface area contributed by atoms with Crippen molar-refractivity contribution in [2.45, 2.75) is 13.5 Å². The van der Waals surface area contributed by atoms with Crippen LogP contribution in [-0.4, -0.2) is 20.5 Å². The number of nitrogens with zero attached hydrogens (tertiary/aromatic N) is 3. The molecule has 0 saturated carbocycles. The summed E-state index contributed by atoms with van der Waals surface area (Å²) in [5.74, 6) is -0.690. The Morgan fingerprint density at radius 2 is 1.83 bits per heavy atom. The van der Waals surface area contributed by atoms with E-state index < -0.39 is 5.97 Å². The number of carbonyl (C=O) groups is 1. The summed E-state index contributed by atoms with van der Waals surface area (Å²) in [4.78, 5) is 19.5. The van der Waals surface area contributed by atoms with E-state index in [2.05, 4.69) is 9.97 Å². The fraction of sp³-hybridized carbons (Fsp3) is 0.133. The number of imidazole rings is 1. The molecule has 0 atom stereocenters. The van der Waals surface area contributed by atoms with Crippen LogP contribution in [-0.2, 0) is 6.54 Å². The minimum atomic E-state index is -1.35. The number of halogens is 3. The molecule has 0 radical (unpaired) electrons. The first-order valence-corrected chi connectivity index (χ1v) is 7.69. The van der Waals surface area contributed by atoms with Gasteiger partial charge in [0.25, 0.3) is 0 Å². The topological polar surface area (TPSA) is 70.8 Å². The Morgan fingerprint density at radius 3 is 2.43 bits per heavy atom. The molecule has 2 heterocycles. The van der Waals surface area contributed by atoms with Gasteiger partial charge in [-0.2, -0.15) is 0 Å². The number of aryl methyl sites for hydroxylation is 1. The van der Waals surface area contributed by atoms with Gasteiger partial charge in [-0.1, -0.05) is 34.8 Å². The highest BCUT2D eigenvalue weighted by Gasteiger charge is 2.14. The van der Waals surface area contributed by atoms with Gasteiger partial charge in [-0.25, -0.2) is 9.97 Å². The zero-order chi connectivity index (χ0) is 16.7. The molecular weight excluding hydrogens is 361 g/mol. The van der Waals surface area contributed by atoms with E-state index in [1.54, 1.807) is 29.7 Å². The third kappa shape index (κ3) is 3.00. The molecule has 0 spiro atoms. The van der Waals surface area contributed by atoms with Gasteiger partial charge in [0.15, 0.2) is 5.65 Å². The van der Waals surface area contributed by atoms with Crippen LogP contribution in [0.25, 0.3) is 11.2 Å². The number of rotatable bonds is 3. The van der Waals surface area contributed by atoms with Crippen LogP contribution >= 0.6 is 34.8 Å². The maximum absolute atomic E-state index is 11.0. The molecule has 0 bridgehead atoms. The van der Waals surface area contributed by atoms with Crippen LogP contribution in [0.2, 0.25) is 15.1 Å². The second-order valence-corrected chi connectivity index (χ2v) is 6.17. The molecule has 1 aromatic carbocycles. The summed E-state index contributed by atoms with van der Waals surface area (Å²) >= 11 is 18.3. The van der Waals surface area contributed by atoms with E-state index >= 15 is 0 Å². The number of hydrogen-bond acceptors (Lipinski definition) is 4. The van der Waals surface area contributed by atoms with Crippen LogP contribution in [0.3, 0.4) is 0 Å². The summed E-state index contributed by atoms with van der Waals surface area (Å²) in [6.45, 7) is 2.08. The Bertz CT molecular complexity index is 914. The lowest BCUT2D eigenvalue weighted by Crippen LogP contribution is -2.23. The van der Waals surface area contributed by atoms with E-state index in [4.69, 9.17) is 34.8 Å². The van der Waals surface area contributed by atoms with Crippen LogP contribution in [0.1, 0.15) is 21.9 Å². The predicted molar refractivity (Wildman–Crippen MR) is 87.2 cm³/mol. The lowest BCUT2D eigenvalue weighted by molar-refractivity contribution is -0.255. The van der Waals surface area contributed by atoms with Crippen molar-refractivity contribution in [3.05, 3.63) is 56.4 Å². The second kappa shape index (κ2) is 6.00. The molecule has 23 heavy (non-hydrogen) atoms. The number of carboxylic acid groups (broad SMARTS) is 1. The van der Waals surface area contributed by atoms with Gasteiger partial charge in [0.05, 0.1) is 18.2 Å². The zero-order valence-electron chi connectivity index (χ0n) is 11.8. The number of pyridine rings is 1. The molecule has 0 fully saturated rings. The van der Waals surface area contributed by atoms with Crippen molar-refractivity contribution in [3.8, 4) is 0 Å². The molecule has 0 amide bonds. The molecule has 0 unspecified atom stereocenters. The van der Waals surface area contributed by atoms with Gasteiger partial charge in [0.2, 0.25) is 0 Å². The van der Waals surface area contributed by atoms with Gasteiger partial charge in [-0.05, 0) is 31.2 Å². The van der Waals surface area contributed by atoms with Crippen LogP contribution in [0, 0.1) is 6.92 Å². The number of carboxylic acids is 1. The molecule has 3 rings (SSSR count). The van der Waals surface area contributed by atoms with Gasteiger partial charge >= 0.3 is 0 Å². The van der Waals surface area contributed by atoms with E-state index in [1.165, 1.54) is 6.07 Å². The van der Waals surface area contributed by atoms with Crippen LogP contribution < -0.4 is 5.11 Å². The van der Waals surface area contributed by atoms with Crippen molar-refractivity contribution in [2.24, 2.45) is 0 Å². The number of aromatic nitrogens is 3. The first kappa shape index (κ1) is 16.1. The molecule has 118 valence electrons. The monoisotopic (exact) mass is 368 g/mol. The molecular formula is C15H9Cl3N3O2-. The van der Waals surface area contributed by atoms with Crippen molar-refractivity contribution in [1.82, 2.24) is 14.5 Å². The molecule has 5 nitrogen and oxygen atoms in total. The number of carbonyl (C=O) groups excluding carboxylic acids is 1. The van der Waals surface area contributed by atoms with Crippen LogP contribution in [0.4, 0.5) is 0 Å². The Labute approximate surface area is 146 Å². The minimum absolute atomic E-state index is 0.160. The summed E-state index contributed by atoms with van der Waals surface area (Å²) < 4.78 is 1.74. The third-order valence-electron chi connectivity index (χ3n) is 3.41. The van der Waals surface area contributed by atoms with Crippen molar-refractivity contribution in [3.63, 3.8) is 0 Å². The SMILES string of the molecule is Cc1nc2ccc(C(=O)[O-])nc2n1Cc1c(Cl)cc(Cl)cc1Cl. The summed E-state index contributed by atoms with van der Waals surface area (Å²) in [5, 5.41) is 12.3. The summed E-state index contributed by atoms with van der Waals surface area (Å²) in [6, 6.07) is 6.14. The highest BCUT2D eigenvalue weighted by atomic mass is 35.5. The van der Waals surface area contributed by atoms with Gasteiger partial charge < -0.3 is 14.5 Å². The molecule has 0 aliphatic carbocycles. The average molecular weight is 370 g/mol. The average Bonchev–Trinajstić information content (AvgIpc) is 2.77. The Hall–Kier alpha value is -1.82. The van der Waals surface area contributed by atoms with E-state index in [-0.39, 0.29) is 5.69 Å². The standard InChI is InChI=1S/C15H10Cl3N3O2/c1-7-19-12-2-3-13(15(22)23)20-14(12)21(7)6-9-10(17)4-8(16)5-11(9)18/h2-5H,6H2,1H3,(H,22,23)/p-1. The van der Waals surface area contributed by atoms with Crippen LogP contribution in [0.5, 0.6) is 0 Å². The fourth-order valence-electron chi connectivity index (χ4n) is 2.30. The highest BCUT2D eigenvalue weighted by Crippen LogP contribution is 2.30. The van der Waals surface area contributed by atoms with Crippen molar-refractivity contribution in [1.29, 1.82) is 0 Å². The van der Waals surface area contributed by atoms with E-state index in [0.29, 0.717) is 44.2 Å². The first-order valence-electron chi connectivity index (χ1n) is 6.55. The van der Waals surface area contributed by atoms with Crippen molar-refractivity contribution < 1.29 is 9.90 Å². The molecule has 0 aliphatic rings. The normalized spacial score (nSPS) is 11.1. The van der Waals surface area contributed by atoms with Crippen LogP contribution in [0.15, 0.2) is 24.3 Å². The number of aromatic carboxylic acids is 1. The maximum Gasteiger partial charge on any atom is 0.161 e. The lowest BCUT2D eigenvalue weighted by Gasteiger charge is -2.11. The van der Waals surface area contributed by atoms with Gasteiger partial charge in [-0.15, -0.1) is 0 Å². The largest absolute Gasteiger partial charge is 0.543 e.